The Labute approximate surface area is 72.8 Å². The fourth-order valence-electron chi connectivity index (χ4n) is 0.782. The Morgan fingerprint density at radius 1 is 1.33 bits per heavy atom. The van der Waals surface area contributed by atoms with E-state index in [4.69, 9.17) is 0 Å². The molecule has 0 saturated carbocycles. The number of carbonyl (C=O) groups is 2. The summed E-state index contributed by atoms with van der Waals surface area (Å²) in [6.45, 7) is 5.45. The van der Waals surface area contributed by atoms with Gasteiger partial charge in [-0.05, 0) is 0 Å². The molecule has 1 amide bonds. The lowest BCUT2D eigenvalue weighted by Gasteiger charge is -2.02. The maximum Gasteiger partial charge on any atom is 0.223 e. The molecule has 0 aliphatic carbocycles. The van der Waals surface area contributed by atoms with Gasteiger partial charge in [0.2, 0.25) is 5.91 Å². The molecular weight excluding hydrogens is 154 g/mol. The van der Waals surface area contributed by atoms with Crippen LogP contribution in [0.5, 0.6) is 0 Å². The number of hydrogen-bond donors (Lipinski definition) is 1. The molecule has 0 bridgehead atoms. The number of rotatable bonds is 5. The number of ketones is 1. The smallest absolute Gasteiger partial charge is 0.223 e. The molecule has 3 nitrogen and oxygen atoms in total. The van der Waals surface area contributed by atoms with Crippen molar-refractivity contribution in [3.8, 4) is 0 Å². The van der Waals surface area contributed by atoms with Crippen LogP contribution in [0.3, 0.4) is 0 Å². The van der Waals surface area contributed by atoms with Crippen LogP contribution in [0, 0.1) is 0 Å². The Kier molecular flexibility index (Phi) is 5.00. The van der Waals surface area contributed by atoms with E-state index in [1.807, 2.05) is 0 Å². The van der Waals surface area contributed by atoms with Gasteiger partial charge in [0.1, 0.15) is 5.78 Å². The SMILES string of the molecule is C=C(CC(=O)CC)CC(=O)NC. The predicted octanol–water partition coefficient (Wildman–Crippen LogP) is 1.05. The maximum atomic E-state index is 10.9. The molecule has 0 aromatic heterocycles. The van der Waals surface area contributed by atoms with Crippen LogP contribution in [0.15, 0.2) is 12.2 Å². The van der Waals surface area contributed by atoms with Gasteiger partial charge in [-0.15, -0.1) is 0 Å². The summed E-state index contributed by atoms with van der Waals surface area (Å²) in [5, 5.41) is 2.48. The van der Waals surface area contributed by atoms with Crippen LogP contribution < -0.4 is 5.32 Å². The Hall–Kier alpha value is -1.12. The third-order valence-corrected chi connectivity index (χ3v) is 1.53. The first-order valence-corrected chi connectivity index (χ1v) is 3.99. The Morgan fingerprint density at radius 3 is 2.33 bits per heavy atom. The van der Waals surface area contributed by atoms with Gasteiger partial charge in [0, 0.05) is 26.3 Å². The third-order valence-electron chi connectivity index (χ3n) is 1.53. The van der Waals surface area contributed by atoms with Crippen molar-refractivity contribution < 1.29 is 9.59 Å². The number of amides is 1. The maximum absolute atomic E-state index is 10.9. The van der Waals surface area contributed by atoms with E-state index in [0.717, 1.165) is 0 Å². The second kappa shape index (κ2) is 5.52. The first kappa shape index (κ1) is 10.9. The molecule has 1 N–H and O–H groups in total. The molecule has 0 aliphatic rings. The minimum absolute atomic E-state index is 0.0936. The van der Waals surface area contributed by atoms with Gasteiger partial charge in [0.25, 0.3) is 0 Å². The fourth-order valence-corrected chi connectivity index (χ4v) is 0.782. The van der Waals surface area contributed by atoms with Gasteiger partial charge >= 0.3 is 0 Å². The van der Waals surface area contributed by atoms with E-state index < -0.39 is 0 Å². The van der Waals surface area contributed by atoms with Crippen molar-refractivity contribution in [3.05, 3.63) is 12.2 Å². The summed E-state index contributed by atoms with van der Waals surface area (Å²) in [6.07, 6.45) is 1.08. The molecule has 0 aromatic carbocycles. The molecule has 0 unspecified atom stereocenters. The molecule has 12 heavy (non-hydrogen) atoms. The zero-order valence-electron chi connectivity index (χ0n) is 7.64. The van der Waals surface area contributed by atoms with Crippen molar-refractivity contribution in [2.24, 2.45) is 0 Å². The van der Waals surface area contributed by atoms with Crippen LogP contribution in [0.4, 0.5) is 0 Å². The summed E-state index contributed by atoms with van der Waals surface area (Å²) in [7, 11) is 1.57. The zero-order valence-corrected chi connectivity index (χ0v) is 7.64. The molecule has 68 valence electrons. The van der Waals surface area contributed by atoms with Crippen molar-refractivity contribution in [2.45, 2.75) is 26.2 Å². The van der Waals surface area contributed by atoms with Gasteiger partial charge < -0.3 is 5.32 Å². The largest absolute Gasteiger partial charge is 0.359 e. The van der Waals surface area contributed by atoms with Gasteiger partial charge in [0.05, 0.1) is 0 Å². The van der Waals surface area contributed by atoms with Gasteiger partial charge in [-0.2, -0.15) is 0 Å². The van der Waals surface area contributed by atoms with E-state index in [0.29, 0.717) is 18.4 Å². The molecule has 0 radical (unpaired) electrons. The highest BCUT2D eigenvalue weighted by molar-refractivity contribution is 5.84. The molecule has 0 saturated heterocycles. The monoisotopic (exact) mass is 169 g/mol. The highest BCUT2D eigenvalue weighted by atomic mass is 16.1. The summed E-state index contributed by atoms with van der Waals surface area (Å²) in [6, 6.07) is 0. The van der Waals surface area contributed by atoms with E-state index in [1.165, 1.54) is 0 Å². The first-order valence-electron chi connectivity index (χ1n) is 3.99. The van der Waals surface area contributed by atoms with Crippen molar-refractivity contribution in [1.82, 2.24) is 5.32 Å². The summed E-state index contributed by atoms with van der Waals surface area (Å²) in [5.74, 6) is 0.0350. The first-order chi connectivity index (χ1) is 5.60. The van der Waals surface area contributed by atoms with Crippen LogP contribution in [0.2, 0.25) is 0 Å². The average Bonchev–Trinajstić information content (AvgIpc) is 2.03. The number of hydrogen-bond acceptors (Lipinski definition) is 2. The van der Waals surface area contributed by atoms with Crippen LogP contribution in [-0.4, -0.2) is 18.7 Å². The second-order valence-corrected chi connectivity index (χ2v) is 2.67. The van der Waals surface area contributed by atoms with Crippen molar-refractivity contribution in [1.29, 1.82) is 0 Å². The van der Waals surface area contributed by atoms with Crippen LogP contribution in [-0.2, 0) is 9.59 Å². The molecule has 0 aliphatic heterocycles. The van der Waals surface area contributed by atoms with Crippen molar-refractivity contribution in [3.63, 3.8) is 0 Å². The van der Waals surface area contributed by atoms with Gasteiger partial charge in [-0.3, -0.25) is 9.59 Å². The lowest BCUT2D eigenvalue weighted by atomic mass is 10.1. The lowest BCUT2D eigenvalue weighted by Crippen LogP contribution is -2.18. The summed E-state index contributed by atoms with van der Waals surface area (Å²) in [5.41, 5.74) is 0.682. The minimum atomic E-state index is -0.0936. The van der Waals surface area contributed by atoms with Crippen LogP contribution in [0.1, 0.15) is 26.2 Å². The quantitative estimate of drug-likeness (QED) is 0.625. The minimum Gasteiger partial charge on any atom is -0.359 e. The molecule has 3 heteroatoms. The van der Waals surface area contributed by atoms with Crippen LogP contribution >= 0.6 is 0 Å². The normalized spacial score (nSPS) is 9.17. The number of nitrogens with one attached hydrogen (secondary N) is 1. The van der Waals surface area contributed by atoms with Crippen LogP contribution in [0.25, 0.3) is 0 Å². The highest BCUT2D eigenvalue weighted by Gasteiger charge is 2.05. The standard InChI is InChI=1S/C9H15NO2/c1-4-8(11)5-7(2)6-9(12)10-3/h2,4-6H2,1,3H3,(H,10,12). The van der Waals surface area contributed by atoms with Gasteiger partial charge in [-0.1, -0.05) is 19.1 Å². The summed E-state index contributed by atoms with van der Waals surface area (Å²) >= 11 is 0. The fraction of sp³-hybridized carbons (Fsp3) is 0.556. The van der Waals surface area contributed by atoms with E-state index in [9.17, 15) is 9.59 Å². The van der Waals surface area contributed by atoms with Gasteiger partial charge in [-0.25, -0.2) is 0 Å². The van der Waals surface area contributed by atoms with E-state index in [2.05, 4.69) is 11.9 Å². The molecule has 0 fully saturated rings. The van der Waals surface area contributed by atoms with Crippen molar-refractivity contribution >= 4 is 11.7 Å². The molecule has 0 spiro atoms. The molecule has 0 heterocycles. The summed E-state index contributed by atoms with van der Waals surface area (Å²) in [4.78, 5) is 21.7. The highest BCUT2D eigenvalue weighted by Crippen LogP contribution is 2.05. The average molecular weight is 169 g/mol. The predicted molar refractivity (Wildman–Crippen MR) is 47.7 cm³/mol. The summed E-state index contributed by atoms with van der Waals surface area (Å²) < 4.78 is 0. The molecule has 0 atom stereocenters. The zero-order chi connectivity index (χ0) is 9.56. The third kappa shape index (κ3) is 4.66. The topological polar surface area (TPSA) is 46.2 Å². The lowest BCUT2D eigenvalue weighted by molar-refractivity contribution is -0.120. The van der Waals surface area contributed by atoms with E-state index >= 15 is 0 Å². The van der Waals surface area contributed by atoms with E-state index in [1.54, 1.807) is 14.0 Å². The number of Topliss-reactive ketones (excluding diaryl/α,β-unsaturated/α-hetero) is 1. The number of carbonyl (C=O) groups excluding carboxylic acids is 2. The van der Waals surface area contributed by atoms with Gasteiger partial charge in [0.15, 0.2) is 0 Å². The van der Waals surface area contributed by atoms with Crippen molar-refractivity contribution in [2.75, 3.05) is 7.05 Å². The molecular formula is C9H15NO2. The second-order valence-electron chi connectivity index (χ2n) is 2.67. The molecule has 0 aromatic rings. The Bertz CT molecular complexity index is 177. The molecule has 0 rings (SSSR count). The van der Waals surface area contributed by atoms with E-state index in [-0.39, 0.29) is 18.1 Å². The Morgan fingerprint density at radius 2 is 1.92 bits per heavy atom. The Balaban J connectivity index is 3.74.